The van der Waals surface area contributed by atoms with Crippen molar-refractivity contribution in [1.82, 2.24) is 14.6 Å². The van der Waals surface area contributed by atoms with E-state index in [4.69, 9.17) is 4.74 Å². The fourth-order valence-electron chi connectivity index (χ4n) is 1.25. The third-order valence-corrected chi connectivity index (χ3v) is 2.41. The lowest BCUT2D eigenvalue weighted by molar-refractivity contribution is 0.416. The van der Waals surface area contributed by atoms with Crippen LogP contribution in [-0.4, -0.2) is 35.8 Å². The van der Waals surface area contributed by atoms with Crippen LogP contribution in [0.1, 0.15) is 0 Å². The molecular formula is C9H11BrN4O. The molecular weight excluding hydrogens is 260 g/mol. The molecule has 0 bridgehead atoms. The van der Waals surface area contributed by atoms with Crippen molar-refractivity contribution in [2.45, 2.75) is 0 Å². The molecule has 0 aliphatic rings. The number of fused-ring (bicyclic) bond motifs is 1. The number of pyridine rings is 1. The quantitative estimate of drug-likeness (QED) is 0.831. The van der Waals surface area contributed by atoms with Crippen LogP contribution in [0.3, 0.4) is 0 Å². The van der Waals surface area contributed by atoms with Gasteiger partial charge >= 0.3 is 0 Å². The van der Waals surface area contributed by atoms with Crippen LogP contribution >= 0.6 is 15.9 Å². The maximum absolute atomic E-state index is 5.23. The Hall–Kier alpha value is -1.30. The molecule has 2 aromatic rings. The Labute approximate surface area is 95.8 Å². The second kappa shape index (κ2) is 3.69. The summed E-state index contributed by atoms with van der Waals surface area (Å²) in [6, 6.07) is 1.86. The van der Waals surface area contributed by atoms with Gasteiger partial charge in [0.15, 0.2) is 11.4 Å². The van der Waals surface area contributed by atoms with E-state index in [2.05, 4.69) is 26.0 Å². The normalized spacial score (nSPS) is 10.7. The van der Waals surface area contributed by atoms with Gasteiger partial charge in [0.05, 0.1) is 7.11 Å². The average Bonchev–Trinajstić information content (AvgIpc) is 2.59. The zero-order valence-electron chi connectivity index (χ0n) is 8.73. The predicted octanol–water partition coefficient (Wildman–Crippen LogP) is 1.57. The summed E-state index contributed by atoms with van der Waals surface area (Å²) in [6.07, 6.45) is 1.85. The van der Waals surface area contributed by atoms with Gasteiger partial charge in [0, 0.05) is 24.8 Å². The Bertz CT molecular complexity index is 494. The molecule has 2 rings (SSSR count). The van der Waals surface area contributed by atoms with Gasteiger partial charge in [-0.15, -0.1) is 5.10 Å². The minimum absolute atomic E-state index is 0.659. The molecule has 2 heterocycles. The van der Waals surface area contributed by atoms with Crippen LogP contribution in [0.2, 0.25) is 0 Å². The third kappa shape index (κ3) is 1.77. The third-order valence-electron chi connectivity index (χ3n) is 1.97. The van der Waals surface area contributed by atoms with Gasteiger partial charge in [-0.1, -0.05) is 0 Å². The highest BCUT2D eigenvalue weighted by Crippen LogP contribution is 2.24. The minimum atomic E-state index is 0.659. The molecule has 15 heavy (non-hydrogen) atoms. The first-order chi connectivity index (χ1) is 7.11. The zero-order chi connectivity index (χ0) is 11.0. The van der Waals surface area contributed by atoms with Crippen LogP contribution in [-0.2, 0) is 0 Å². The van der Waals surface area contributed by atoms with Crippen molar-refractivity contribution in [1.29, 1.82) is 0 Å². The van der Waals surface area contributed by atoms with Crippen LogP contribution in [0, 0.1) is 0 Å². The van der Waals surface area contributed by atoms with Crippen LogP contribution in [0.15, 0.2) is 16.7 Å². The lowest BCUT2D eigenvalue weighted by atomic mass is 10.4. The highest BCUT2D eigenvalue weighted by molar-refractivity contribution is 9.10. The van der Waals surface area contributed by atoms with E-state index in [1.54, 1.807) is 11.6 Å². The molecule has 0 saturated heterocycles. The molecule has 0 atom stereocenters. The summed E-state index contributed by atoms with van der Waals surface area (Å²) in [5.74, 6) is 1.36. The number of methoxy groups -OCH3 is 1. The predicted molar refractivity (Wildman–Crippen MR) is 61.6 cm³/mol. The Morgan fingerprint density at radius 1 is 1.47 bits per heavy atom. The number of halogens is 1. The van der Waals surface area contributed by atoms with E-state index in [9.17, 15) is 0 Å². The molecule has 0 spiro atoms. The van der Waals surface area contributed by atoms with E-state index < -0.39 is 0 Å². The van der Waals surface area contributed by atoms with Gasteiger partial charge in [0.2, 0.25) is 5.95 Å². The summed E-state index contributed by atoms with van der Waals surface area (Å²) in [5.41, 5.74) is 0.712. The monoisotopic (exact) mass is 270 g/mol. The molecule has 0 saturated carbocycles. The van der Waals surface area contributed by atoms with Gasteiger partial charge in [-0.3, -0.25) is 0 Å². The molecule has 0 N–H and O–H groups in total. The first-order valence-corrected chi connectivity index (χ1v) is 5.18. The van der Waals surface area contributed by atoms with Crippen molar-refractivity contribution in [2.75, 3.05) is 26.1 Å². The van der Waals surface area contributed by atoms with Gasteiger partial charge in [0.25, 0.3) is 0 Å². The highest BCUT2D eigenvalue weighted by Gasteiger charge is 2.10. The van der Waals surface area contributed by atoms with Crippen molar-refractivity contribution in [3.05, 3.63) is 16.7 Å². The fourth-order valence-corrected chi connectivity index (χ4v) is 1.66. The van der Waals surface area contributed by atoms with Crippen molar-refractivity contribution in [3.63, 3.8) is 0 Å². The molecule has 6 heteroatoms. The maximum atomic E-state index is 5.23. The topological polar surface area (TPSA) is 42.7 Å². The smallest absolute Gasteiger partial charge is 0.245 e. The fraction of sp³-hybridized carbons (Fsp3) is 0.333. The van der Waals surface area contributed by atoms with Gasteiger partial charge in [-0.25, -0.2) is 4.52 Å². The van der Waals surface area contributed by atoms with Crippen molar-refractivity contribution in [3.8, 4) is 5.75 Å². The molecule has 0 unspecified atom stereocenters. The van der Waals surface area contributed by atoms with Crippen LogP contribution in [0.4, 0.5) is 5.95 Å². The molecule has 0 aromatic carbocycles. The average molecular weight is 271 g/mol. The molecule has 2 aromatic heterocycles. The molecule has 80 valence electrons. The van der Waals surface area contributed by atoms with E-state index in [1.807, 2.05) is 31.3 Å². The van der Waals surface area contributed by atoms with E-state index in [1.165, 1.54) is 0 Å². The molecule has 0 aliphatic carbocycles. The second-order valence-electron chi connectivity index (χ2n) is 3.30. The zero-order valence-corrected chi connectivity index (χ0v) is 10.3. The Kier molecular flexibility index (Phi) is 2.52. The molecule has 5 nitrogen and oxygen atoms in total. The minimum Gasteiger partial charge on any atom is -0.493 e. The first kappa shape index (κ1) is 10.2. The number of hydrogen-bond acceptors (Lipinski definition) is 4. The molecule has 0 radical (unpaired) electrons. The summed E-state index contributed by atoms with van der Waals surface area (Å²) in [6.45, 7) is 0. The standard InChI is InChI=1S/C9H11BrN4O/c1-13(2)9-11-8-7(15-3)4-6(10)5-14(8)12-9/h4-5H,1-3H3. The Balaban J connectivity index is 2.68. The summed E-state index contributed by atoms with van der Waals surface area (Å²) in [7, 11) is 5.42. The lowest BCUT2D eigenvalue weighted by Crippen LogP contribution is -2.10. The Morgan fingerprint density at radius 2 is 2.20 bits per heavy atom. The number of aromatic nitrogens is 3. The van der Waals surface area contributed by atoms with E-state index >= 15 is 0 Å². The van der Waals surface area contributed by atoms with Crippen molar-refractivity contribution < 1.29 is 4.74 Å². The number of hydrogen-bond donors (Lipinski definition) is 0. The largest absolute Gasteiger partial charge is 0.493 e. The van der Waals surface area contributed by atoms with Crippen LogP contribution < -0.4 is 9.64 Å². The van der Waals surface area contributed by atoms with Gasteiger partial charge in [-0.2, -0.15) is 4.98 Å². The van der Waals surface area contributed by atoms with Gasteiger partial charge < -0.3 is 9.64 Å². The van der Waals surface area contributed by atoms with Crippen molar-refractivity contribution in [2.24, 2.45) is 0 Å². The lowest BCUT2D eigenvalue weighted by Gasteiger charge is -2.03. The number of anilines is 1. The van der Waals surface area contributed by atoms with Gasteiger partial charge in [0.1, 0.15) is 0 Å². The van der Waals surface area contributed by atoms with Crippen LogP contribution in [0.5, 0.6) is 5.75 Å². The molecule has 0 amide bonds. The maximum Gasteiger partial charge on any atom is 0.245 e. The highest BCUT2D eigenvalue weighted by atomic mass is 79.9. The summed E-state index contributed by atoms with van der Waals surface area (Å²) < 4.78 is 7.83. The summed E-state index contributed by atoms with van der Waals surface area (Å²) >= 11 is 3.39. The van der Waals surface area contributed by atoms with Crippen molar-refractivity contribution >= 4 is 27.5 Å². The number of ether oxygens (including phenoxy) is 1. The second-order valence-corrected chi connectivity index (χ2v) is 4.22. The van der Waals surface area contributed by atoms with Crippen LogP contribution in [0.25, 0.3) is 5.65 Å². The summed E-state index contributed by atoms with van der Waals surface area (Å²) in [4.78, 5) is 6.20. The summed E-state index contributed by atoms with van der Waals surface area (Å²) in [5, 5.41) is 4.30. The van der Waals surface area contributed by atoms with Gasteiger partial charge in [-0.05, 0) is 22.0 Å². The van der Waals surface area contributed by atoms with E-state index in [-0.39, 0.29) is 0 Å². The Morgan fingerprint density at radius 3 is 2.80 bits per heavy atom. The van der Waals surface area contributed by atoms with E-state index in [0.717, 1.165) is 4.47 Å². The number of rotatable bonds is 2. The molecule has 0 aliphatic heterocycles. The first-order valence-electron chi connectivity index (χ1n) is 4.39. The van der Waals surface area contributed by atoms with E-state index in [0.29, 0.717) is 17.3 Å². The molecule has 0 fully saturated rings. The number of nitrogens with zero attached hydrogens (tertiary/aromatic N) is 4. The SMILES string of the molecule is COc1cc(Br)cn2nc(N(C)C)nc12.